The van der Waals surface area contributed by atoms with Gasteiger partial charge in [-0.3, -0.25) is 4.79 Å². The molecule has 16 heavy (non-hydrogen) atoms. The highest BCUT2D eigenvalue weighted by molar-refractivity contribution is 5.85. The largest absolute Gasteiger partial charge is 0.508 e. The van der Waals surface area contributed by atoms with E-state index in [4.69, 9.17) is 10.8 Å². The van der Waals surface area contributed by atoms with Crippen LogP contribution in [0.5, 0.6) is 5.75 Å². The third-order valence-electron chi connectivity index (χ3n) is 1.98. The molecule has 3 N–H and O–H groups in total. The van der Waals surface area contributed by atoms with Crippen LogP contribution in [0.4, 0.5) is 4.39 Å². The van der Waals surface area contributed by atoms with Gasteiger partial charge in [-0.1, -0.05) is 6.07 Å². The van der Waals surface area contributed by atoms with Crippen molar-refractivity contribution in [2.24, 2.45) is 5.73 Å². The van der Waals surface area contributed by atoms with Crippen LogP contribution in [0.1, 0.15) is 5.56 Å². The lowest BCUT2D eigenvalue weighted by atomic mass is 10.1. The maximum absolute atomic E-state index is 13.2. The predicted octanol–water partition coefficient (Wildman–Crippen LogP) is 0.996. The fourth-order valence-electron chi connectivity index (χ4n) is 1.17. The second-order valence-corrected chi connectivity index (χ2v) is 3.11. The van der Waals surface area contributed by atoms with Crippen LogP contribution in [-0.2, 0) is 16.0 Å². The monoisotopic (exact) mass is 249 g/mol. The Kier molecular flexibility index (Phi) is 5.77. The Morgan fingerprint density at radius 2 is 2.25 bits per heavy atom. The van der Waals surface area contributed by atoms with Gasteiger partial charge in [0.25, 0.3) is 0 Å². The summed E-state index contributed by atoms with van der Waals surface area (Å²) in [5, 5.41) is 8.96. The van der Waals surface area contributed by atoms with Gasteiger partial charge in [0.05, 0.1) is 7.11 Å². The molecule has 0 fully saturated rings. The van der Waals surface area contributed by atoms with E-state index in [1.165, 1.54) is 19.2 Å². The number of nitrogens with two attached hydrogens (primary N) is 1. The van der Waals surface area contributed by atoms with Gasteiger partial charge in [-0.25, -0.2) is 4.39 Å². The Morgan fingerprint density at radius 3 is 2.75 bits per heavy atom. The van der Waals surface area contributed by atoms with Crippen molar-refractivity contribution in [1.29, 1.82) is 0 Å². The molecule has 1 rings (SSSR count). The minimum Gasteiger partial charge on any atom is -0.508 e. The number of carbonyl (C=O) groups is 1. The minimum atomic E-state index is -0.894. The van der Waals surface area contributed by atoms with E-state index in [-0.39, 0.29) is 30.1 Å². The number of aromatic hydroxyl groups is 1. The fraction of sp³-hybridized carbons (Fsp3) is 0.300. The molecule has 0 saturated carbocycles. The van der Waals surface area contributed by atoms with Crippen molar-refractivity contribution in [2.75, 3.05) is 7.11 Å². The SMILES string of the molecule is COC(=O)[C@@H](N)Cc1ccc(O)cc1F.Cl. The van der Waals surface area contributed by atoms with Crippen LogP contribution in [0, 0.1) is 5.82 Å². The minimum absolute atomic E-state index is 0. The summed E-state index contributed by atoms with van der Waals surface area (Å²) in [6, 6.07) is 2.80. The lowest BCUT2D eigenvalue weighted by molar-refractivity contribution is -0.142. The van der Waals surface area contributed by atoms with Crippen molar-refractivity contribution in [2.45, 2.75) is 12.5 Å². The second kappa shape index (κ2) is 6.30. The Balaban J connectivity index is 0.00000225. The first-order valence-corrected chi connectivity index (χ1v) is 4.35. The summed E-state index contributed by atoms with van der Waals surface area (Å²) in [5.74, 6) is -1.35. The maximum atomic E-state index is 13.2. The molecule has 0 amide bonds. The molecule has 0 spiro atoms. The summed E-state index contributed by atoms with van der Waals surface area (Å²) in [6.07, 6.45) is 0.0405. The summed E-state index contributed by atoms with van der Waals surface area (Å²) in [4.78, 5) is 11.0. The highest BCUT2D eigenvalue weighted by atomic mass is 35.5. The molecular weight excluding hydrogens is 237 g/mol. The van der Waals surface area contributed by atoms with Crippen molar-refractivity contribution >= 4 is 18.4 Å². The van der Waals surface area contributed by atoms with Gasteiger partial charge < -0.3 is 15.6 Å². The smallest absolute Gasteiger partial charge is 0.322 e. The zero-order chi connectivity index (χ0) is 11.4. The molecule has 6 heteroatoms. The Bertz CT molecular complexity index is 373. The molecule has 90 valence electrons. The first kappa shape index (κ1) is 14.7. The highest BCUT2D eigenvalue weighted by Crippen LogP contribution is 2.16. The zero-order valence-electron chi connectivity index (χ0n) is 8.64. The van der Waals surface area contributed by atoms with E-state index in [2.05, 4.69) is 4.74 Å². The average molecular weight is 250 g/mol. The quantitative estimate of drug-likeness (QED) is 0.784. The highest BCUT2D eigenvalue weighted by Gasteiger charge is 2.16. The summed E-state index contributed by atoms with van der Waals surface area (Å²) in [6.45, 7) is 0. The van der Waals surface area contributed by atoms with Crippen LogP contribution in [-0.4, -0.2) is 24.2 Å². The van der Waals surface area contributed by atoms with Crippen LogP contribution < -0.4 is 5.73 Å². The van der Waals surface area contributed by atoms with Crippen LogP contribution in [0.2, 0.25) is 0 Å². The number of phenolic OH excluding ortho intramolecular Hbond substituents is 1. The number of rotatable bonds is 3. The summed E-state index contributed by atoms with van der Waals surface area (Å²) < 4.78 is 17.6. The first-order chi connectivity index (χ1) is 7.04. The Hall–Kier alpha value is -1.33. The van der Waals surface area contributed by atoms with Crippen molar-refractivity contribution in [3.63, 3.8) is 0 Å². The molecule has 0 heterocycles. The van der Waals surface area contributed by atoms with Crippen LogP contribution in [0.25, 0.3) is 0 Å². The molecule has 4 nitrogen and oxygen atoms in total. The number of hydrogen-bond donors (Lipinski definition) is 2. The van der Waals surface area contributed by atoms with Gasteiger partial charge in [-0.2, -0.15) is 0 Å². The normalized spacial score (nSPS) is 11.4. The third-order valence-corrected chi connectivity index (χ3v) is 1.98. The van der Waals surface area contributed by atoms with Gasteiger partial charge in [-0.15, -0.1) is 12.4 Å². The van der Waals surface area contributed by atoms with E-state index in [0.29, 0.717) is 0 Å². The molecule has 1 aromatic carbocycles. The van der Waals surface area contributed by atoms with Crippen molar-refractivity contribution in [1.82, 2.24) is 0 Å². The molecule has 0 aromatic heterocycles. The molecule has 0 aliphatic heterocycles. The van der Waals surface area contributed by atoms with Crippen molar-refractivity contribution in [3.8, 4) is 5.75 Å². The van der Waals surface area contributed by atoms with Gasteiger partial charge in [0, 0.05) is 12.5 Å². The average Bonchev–Trinajstić information content (AvgIpc) is 2.20. The number of phenols is 1. The van der Waals surface area contributed by atoms with Gasteiger partial charge in [0.1, 0.15) is 17.6 Å². The fourth-order valence-corrected chi connectivity index (χ4v) is 1.17. The van der Waals surface area contributed by atoms with Gasteiger partial charge >= 0.3 is 5.97 Å². The van der Waals surface area contributed by atoms with Crippen LogP contribution >= 0.6 is 12.4 Å². The summed E-state index contributed by atoms with van der Waals surface area (Å²) >= 11 is 0. The van der Waals surface area contributed by atoms with E-state index < -0.39 is 17.8 Å². The number of halogens is 2. The van der Waals surface area contributed by atoms with E-state index in [1.807, 2.05) is 0 Å². The molecule has 0 unspecified atom stereocenters. The van der Waals surface area contributed by atoms with Gasteiger partial charge in [-0.05, 0) is 11.6 Å². The number of ether oxygens (including phenoxy) is 1. The van der Waals surface area contributed by atoms with E-state index in [0.717, 1.165) is 6.07 Å². The summed E-state index contributed by atoms with van der Waals surface area (Å²) in [7, 11) is 1.22. The van der Waals surface area contributed by atoms with E-state index in [9.17, 15) is 9.18 Å². The van der Waals surface area contributed by atoms with E-state index >= 15 is 0 Å². The number of benzene rings is 1. The third kappa shape index (κ3) is 3.67. The maximum Gasteiger partial charge on any atom is 0.322 e. The lowest BCUT2D eigenvalue weighted by Gasteiger charge is -2.09. The lowest BCUT2D eigenvalue weighted by Crippen LogP contribution is -2.33. The second-order valence-electron chi connectivity index (χ2n) is 3.11. The molecule has 0 saturated heterocycles. The van der Waals surface area contributed by atoms with Crippen LogP contribution in [0.3, 0.4) is 0 Å². The Labute approximate surface area is 98.6 Å². The van der Waals surface area contributed by atoms with Gasteiger partial charge in [0.2, 0.25) is 0 Å². The van der Waals surface area contributed by atoms with Crippen LogP contribution in [0.15, 0.2) is 18.2 Å². The summed E-state index contributed by atoms with van der Waals surface area (Å²) in [5.41, 5.74) is 5.73. The molecule has 0 bridgehead atoms. The molecule has 0 aliphatic carbocycles. The van der Waals surface area contributed by atoms with Crippen molar-refractivity contribution in [3.05, 3.63) is 29.6 Å². The molecular formula is C10H13ClFNO3. The topological polar surface area (TPSA) is 72.5 Å². The number of methoxy groups -OCH3 is 1. The number of esters is 1. The molecule has 0 aliphatic rings. The Morgan fingerprint density at radius 1 is 1.62 bits per heavy atom. The van der Waals surface area contributed by atoms with Gasteiger partial charge in [0.15, 0.2) is 0 Å². The standard InChI is InChI=1S/C10H12FNO3.ClH/c1-15-10(14)9(12)4-6-2-3-7(13)5-8(6)11;/h2-3,5,9,13H,4,12H2,1H3;1H/t9-;/m0./s1. The molecule has 0 radical (unpaired) electrons. The number of carbonyl (C=O) groups excluding carboxylic acids is 1. The first-order valence-electron chi connectivity index (χ1n) is 4.35. The van der Waals surface area contributed by atoms with Crippen molar-refractivity contribution < 1.29 is 19.0 Å². The number of hydrogen-bond acceptors (Lipinski definition) is 4. The zero-order valence-corrected chi connectivity index (χ0v) is 9.46. The molecule has 1 atom stereocenters. The predicted molar refractivity (Wildman–Crippen MR) is 59.0 cm³/mol. The van der Waals surface area contributed by atoms with E-state index in [1.54, 1.807) is 0 Å². The molecule has 1 aromatic rings.